The maximum absolute atomic E-state index is 13.3. The van der Waals surface area contributed by atoms with Gasteiger partial charge in [0.1, 0.15) is 11.9 Å². The minimum atomic E-state index is -0.512. The third kappa shape index (κ3) is 3.80. The van der Waals surface area contributed by atoms with E-state index < -0.39 is 11.0 Å². The Morgan fingerprint density at radius 2 is 1.72 bits per heavy atom. The minimum Gasteiger partial charge on any atom is -0.271 e. The lowest BCUT2D eigenvalue weighted by molar-refractivity contribution is -0.384. The first kappa shape index (κ1) is 20.1. The molecule has 0 N–H and O–H groups in total. The van der Waals surface area contributed by atoms with Crippen molar-refractivity contribution >= 4 is 40.0 Å². The Labute approximate surface area is 188 Å². The highest BCUT2D eigenvalue weighted by Crippen LogP contribution is 2.35. The number of carbonyl (C=O) groups is 1. The standard InChI is InChI=1S/C24H18N4O3S/c29-23-21(14-16-7-2-1-3-8-16)25-22-19-11-4-5-12-20(19)26-24(27(22)23)32-15-17-9-6-10-18(13-17)28(30)31/h1-13,21H,14-15H2. The molecule has 0 aromatic heterocycles. The van der Waals surface area contributed by atoms with Gasteiger partial charge in [-0.15, -0.1) is 0 Å². The van der Waals surface area contributed by atoms with Crippen LogP contribution in [0.1, 0.15) is 16.7 Å². The van der Waals surface area contributed by atoms with Crippen molar-refractivity contribution in [3.8, 4) is 0 Å². The van der Waals surface area contributed by atoms with Crippen LogP contribution in [0.15, 0.2) is 88.8 Å². The maximum atomic E-state index is 13.3. The van der Waals surface area contributed by atoms with Crippen LogP contribution in [-0.4, -0.2) is 32.8 Å². The summed E-state index contributed by atoms with van der Waals surface area (Å²) in [6.07, 6.45) is 0.519. The number of rotatable bonds is 5. The molecule has 0 saturated carbocycles. The van der Waals surface area contributed by atoms with Gasteiger partial charge in [0, 0.05) is 29.9 Å². The lowest BCUT2D eigenvalue weighted by atomic mass is 10.1. The Bertz CT molecular complexity index is 1270. The number of nitro groups is 1. The Morgan fingerprint density at radius 3 is 2.53 bits per heavy atom. The smallest absolute Gasteiger partial charge is 0.269 e. The van der Waals surface area contributed by atoms with Gasteiger partial charge in [-0.3, -0.25) is 19.9 Å². The third-order valence-electron chi connectivity index (χ3n) is 5.31. The van der Waals surface area contributed by atoms with Crippen molar-refractivity contribution in [3.05, 3.63) is 106 Å². The molecule has 2 aliphatic rings. The van der Waals surface area contributed by atoms with Crippen molar-refractivity contribution in [2.75, 3.05) is 0 Å². The maximum Gasteiger partial charge on any atom is 0.269 e. The van der Waals surface area contributed by atoms with E-state index in [-0.39, 0.29) is 11.6 Å². The highest BCUT2D eigenvalue weighted by atomic mass is 32.2. The Hall–Kier alpha value is -3.78. The van der Waals surface area contributed by atoms with Gasteiger partial charge in [-0.05, 0) is 23.3 Å². The number of hydrogen-bond donors (Lipinski definition) is 0. The van der Waals surface area contributed by atoms with Gasteiger partial charge in [-0.2, -0.15) is 0 Å². The molecule has 3 aromatic carbocycles. The number of carbonyl (C=O) groups excluding carboxylic acids is 1. The Balaban J connectivity index is 1.44. The second kappa shape index (κ2) is 8.39. The van der Waals surface area contributed by atoms with Crippen molar-refractivity contribution in [2.24, 2.45) is 9.98 Å². The molecule has 0 saturated heterocycles. The molecule has 2 aliphatic heterocycles. The molecule has 32 heavy (non-hydrogen) atoms. The second-order valence-electron chi connectivity index (χ2n) is 7.46. The monoisotopic (exact) mass is 442 g/mol. The molecule has 1 amide bonds. The molecule has 0 aliphatic carbocycles. The van der Waals surface area contributed by atoms with Crippen molar-refractivity contribution in [1.82, 2.24) is 4.90 Å². The van der Waals surface area contributed by atoms with Crippen LogP contribution in [-0.2, 0) is 17.0 Å². The summed E-state index contributed by atoms with van der Waals surface area (Å²) >= 11 is 1.37. The first-order chi connectivity index (χ1) is 15.6. The zero-order chi connectivity index (χ0) is 22.1. The van der Waals surface area contributed by atoms with Gasteiger partial charge in [0.25, 0.3) is 11.6 Å². The van der Waals surface area contributed by atoms with E-state index in [1.165, 1.54) is 17.8 Å². The summed E-state index contributed by atoms with van der Waals surface area (Å²) in [4.78, 5) is 35.1. The van der Waals surface area contributed by atoms with Crippen molar-refractivity contribution in [2.45, 2.75) is 18.2 Å². The van der Waals surface area contributed by atoms with Crippen molar-refractivity contribution < 1.29 is 9.72 Å². The molecule has 8 heteroatoms. The highest BCUT2D eigenvalue weighted by molar-refractivity contribution is 8.13. The summed E-state index contributed by atoms with van der Waals surface area (Å²) in [7, 11) is 0. The molecule has 0 spiro atoms. The van der Waals surface area contributed by atoms with Crippen LogP contribution in [0.25, 0.3) is 0 Å². The van der Waals surface area contributed by atoms with E-state index in [2.05, 4.69) is 0 Å². The van der Waals surface area contributed by atoms with Crippen LogP contribution in [0.2, 0.25) is 0 Å². The molecular formula is C24H18N4O3S. The van der Waals surface area contributed by atoms with Crippen LogP contribution in [0.3, 0.4) is 0 Å². The largest absolute Gasteiger partial charge is 0.271 e. The van der Waals surface area contributed by atoms with Crippen molar-refractivity contribution in [1.29, 1.82) is 0 Å². The summed E-state index contributed by atoms with van der Waals surface area (Å²) in [5.41, 5.74) is 3.47. The molecule has 1 unspecified atom stereocenters. The van der Waals surface area contributed by atoms with Crippen molar-refractivity contribution in [3.63, 3.8) is 0 Å². The molecule has 2 heterocycles. The van der Waals surface area contributed by atoms with Gasteiger partial charge in [0.2, 0.25) is 0 Å². The summed E-state index contributed by atoms with van der Waals surface area (Å²) in [5.74, 6) is 0.954. The molecule has 7 nitrogen and oxygen atoms in total. The highest BCUT2D eigenvalue weighted by Gasteiger charge is 2.41. The normalized spacial score (nSPS) is 16.8. The number of non-ortho nitro benzene ring substituents is 1. The van der Waals surface area contributed by atoms with Gasteiger partial charge in [-0.25, -0.2) is 9.89 Å². The number of aliphatic imine (C=N–C) groups is 2. The number of para-hydroxylation sites is 1. The van der Waals surface area contributed by atoms with Gasteiger partial charge < -0.3 is 0 Å². The van der Waals surface area contributed by atoms with Crippen LogP contribution in [0, 0.1) is 10.1 Å². The summed E-state index contributed by atoms with van der Waals surface area (Å²) in [5, 5.41) is 11.6. The number of benzene rings is 3. The van der Waals surface area contributed by atoms with E-state index in [1.54, 1.807) is 17.0 Å². The average Bonchev–Trinajstić information content (AvgIpc) is 3.14. The molecule has 158 valence electrons. The van der Waals surface area contributed by atoms with Gasteiger partial charge in [-0.1, -0.05) is 66.4 Å². The molecule has 5 rings (SSSR count). The lowest BCUT2D eigenvalue weighted by Gasteiger charge is -2.25. The number of nitro benzene ring substituents is 1. The summed E-state index contributed by atoms with van der Waals surface area (Å²) in [6, 6.07) is 23.5. The number of fused-ring (bicyclic) bond motifs is 3. The molecule has 0 bridgehead atoms. The van der Waals surface area contributed by atoms with Crippen LogP contribution >= 0.6 is 11.8 Å². The molecular weight excluding hydrogens is 424 g/mol. The number of nitrogens with zero attached hydrogens (tertiary/aromatic N) is 4. The number of amidine groups is 2. The van der Waals surface area contributed by atoms with Gasteiger partial charge in [0.05, 0.1) is 10.6 Å². The van der Waals surface area contributed by atoms with Gasteiger partial charge in [0.15, 0.2) is 5.17 Å². The van der Waals surface area contributed by atoms with Gasteiger partial charge >= 0.3 is 0 Å². The SMILES string of the molecule is O=C1C(Cc2ccccc2)N=C2c3ccccc3N=C(SCc3cccc([N+](=O)[O-])c3)N12. The fourth-order valence-corrected chi connectivity index (χ4v) is 4.72. The summed E-state index contributed by atoms with van der Waals surface area (Å²) < 4.78 is 0. The quantitative estimate of drug-likeness (QED) is 0.422. The van der Waals surface area contributed by atoms with Crippen LogP contribution in [0.4, 0.5) is 11.4 Å². The average molecular weight is 443 g/mol. The van der Waals surface area contributed by atoms with E-state index in [9.17, 15) is 14.9 Å². The van der Waals surface area contributed by atoms with Crippen LogP contribution in [0.5, 0.6) is 0 Å². The number of amides is 1. The fraction of sp³-hybridized carbons (Fsp3) is 0.125. The lowest BCUT2D eigenvalue weighted by Crippen LogP contribution is -2.41. The number of thioether (sulfide) groups is 1. The first-order valence-electron chi connectivity index (χ1n) is 10.1. The van der Waals surface area contributed by atoms with E-state index in [0.717, 1.165) is 22.4 Å². The summed E-state index contributed by atoms with van der Waals surface area (Å²) in [6.45, 7) is 0. The Kier molecular flexibility index (Phi) is 5.28. The topological polar surface area (TPSA) is 88.2 Å². The molecule has 1 atom stereocenters. The van der Waals surface area contributed by atoms with E-state index >= 15 is 0 Å². The van der Waals surface area contributed by atoms with E-state index in [1.807, 2.05) is 60.7 Å². The second-order valence-corrected chi connectivity index (χ2v) is 8.40. The number of hydrogen-bond acceptors (Lipinski definition) is 6. The molecule has 0 radical (unpaired) electrons. The van der Waals surface area contributed by atoms with Crippen LogP contribution < -0.4 is 0 Å². The van der Waals surface area contributed by atoms with E-state index in [0.29, 0.717) is 23.2 Å². The fourth-order valence-electron chi connectivity index (χ4n) is 3.78. The third-order valence-corrected chi connectivity index (χ3v) is 6.32. The zero-order valence-electron chi connectivity index (χ0n) is 16.9. The van der Waals surface area contributed by atoms with E-state index in [4.69, 9.17) is 9.98 Å². The molecule has 0 fully saturated rings. The Morgan fingerprint density at radius 1 is 0.969 bits per heavy atom. The molecule has 3 aromatic rings. The zero-order valence-corrected chi connectivity index (χ0v) is 17.7. The predicted molar refractivity (Wildman–Crippen MR) is 125 cm³/mol. The predicted octanol–water partition coefficient (Wildman–Crippen LogP) is 4.73. The minimum absolute atomic E-state index is 0.0430. The first-order valence-corrected chi connectivity index (χ1v) is 11.1.